The molecule has 3 heterocycles. The summed E-state index contributed by atoms with van der Waals surface area (Å²) in [5.74, 6) is 0. The number of rotatable bonds is 12. The molecule has 214 valence electrons. The van der Waals surface area contributed by atoms with E-state index in [1.807, 2.05) is 19.2 Å². The number of aromatic nitrogens is 1. The lowest BCUT2D eigenvalue weighted by atomic mass is 10.1. The van der Waals surface area contributed by atoms with E-state index in [0.29, 0.717) is 0 Å². The summed E-state index contributed by atoms with van der Waals surface area (Å²) in [5, 5.41) is 17.0. The van der Waals surface area contributed by atoms with Crippen molar-refractivity contribution in [2.24, 2.45) is 0 Å². The highest BCUT2D eigenvalue weighted by Crippen LogP contribution is 2.25. The Kier molecular flexibility index (Phi) is 9.99. The molecule has 2 aromatic carbocycles. The van der Waals surface area contributed by atoms with Crippen molar-refractivity contribution >= 4 is 27.8 Å². The molecule has 0 aliphatic carbocycles. The topological polar surface area (TPSA) is 81.0 Å². The van der Waals surface area contributed by atoms with Gasteiger partial charge in [-0.2, -0.15) is 0 Å². The second-order valence-corrected chi connectivity index (χ2v) is 11.6. The number of thiazole rings is 1. The lowest BCUT2D eigenvalue weighted by Gasteiger charge is -2.36. The molecule has 2 fully saturated rings. The van der Waals surface area contributed by atoms with Gasteiger partial charge in [-0.25, -0.2) is 4.98 Å². The zero-order chi connectivity index (χ0) is 27.7. The van der Waals surface area contributed by atoms with Crippen molar-refractivity contribution in [2.45, 2.75) is 19.3 Å². The van der Waals surface area contributed by atoms with E-state index < -0.39 is 0 Å². The van der Waals surface area contributed by atoms with Crippen molar-refractivity contribution in [3.05, 3.63) is 69.6 Å². The molecule has 0 bridgehead atoms. The number of hydrogen-bond donors (Lipinski definition) is 1. The summed E-state index contributed by atoms with van der Waals surface area (Å²) in [6, 6.07) is 15.8. The molecule has 9 nitrogen and oxygen atoms in total. The molecule has 1 aromatic heterocycles. The first-order chi connectivity index (χ1) is 19.6. The van der Waals surface area contributed by atoms with Crippen LogP contribution in [0.15, 0.2) is 53.9 Å². The van der Waals surface area contributed by atoms with Crippen molar-refractivity contribution in [1.29, 1.82) is 0 Å². The maximum absolute atomic E-state index is 10.9. The first kappa shape index (κ1) is 28.5. The zero-order valence-electron chi connectivity index (χ0n) is 23.5. The second-order valence-electron chi connectivity index (χ2n) is 10.7. The largest absolute Gasteiger partial charge is 0.369 e. The van der Waals surface area contributed by atoms with Gasteiger partial charge < -0.3 is 20.0 Å². The van der Waals surface area contributed by atoms with E-state index in [9.17, 15) is 10.1 Å². The van der Waals surface area contributed by atoms with Crippen LogP contribution in [0.1, 0.15) is 18.4 Å². The van der Waals surface area contributed by atoms with Crippen LogP contribution < -0.4 is 10.2 Å². The number of nitrogens with zero attached hydrogens (tertiary/aromatic N) is 6. The average molecular weight is 564 g/mol. The number of anilines is 2. The first-order valence-corrected chi connectivity index (χ1v) is 15.3. The molecule has 0 spiro atoms. The molecule has 5 rings (SSSR count). The summed E-state index contributed by atoms with van der Waals surface area (Å²) in [7, 11) is 1.91. The number of hydrogen-bond acceptors (Lipinski definition) is 9. The van der Waals surface area contributed by atoms with Gasteiger partial charge in [-0.15, -0.1) is 11.3 Å². The summed E-state index contributed by atoms with van der Waals surface area (Å²) < 4.78 is 0. The molecule has 2 aliphatic heterocycles. The van der Waals surface area contributed by atoms with Crippen LogP contribution in [-0.2, 0) is 6.42 Å². The monoisotopic (exact) mass is 563 g/mol. The molecule has 0 atom stereocenters. The Morgan fingerprint density at radius 2 is 1.40 bits per heavy atom. The maximum Gasteiger partial charge on any atom is 0.269 e. The van der Waals surface area contributed by atoms with E-state index in [1.165, 1.54) is 43.6 Å². The molecular formula is C30H41N7O2S. The summed E-state index contributed by atoms with van der Waals surface area (Å²) in [5.41, 5.74) is 4.85. The van der Waals surface area contributed by atoms with Crippen molar-refractivity contribution in [3.63, 3.8) is 0 Å². The smallest absolute Gasteiger partial charge is 0.269 e. The van der Waals surface area contributed by atoms with Crippen molar-refractivity contribution in [3.8, 4) is 11.3 Å². The second kappa shape index (κ2) is 14.0. The van der Waals surface area contributed by atoms with Crippen LogP contribution in [0, 0.1) is 10.1 Å². The maximum atomic E-state index is 10.9. The molecule has 40 heavy (non-hydrogen) atoms. The third-order valence-corrected chi connectivity index (χ3v) is 9.01. The average Bonchev–Trinajstić information content (AvgIpc) is 3.49. The van der Waals surface area contributed by atoms with Crippen LogP contribution in [-0.4, -0.2) is 104 Å². The van der Waals surface area contributed by atoms with Crippen LogP contribution in [0.3, 0.4) is 0 Å². The van der Waals surface area contributed by atoms with E-state index in [4.69, 9.17) is 0 Å². The van der Waals surface area contributed by atoms with E-state index in [-0.39, 0.29) is 10.6 Å². The quantitative estimate of drug-likeness (QED) is 0.196. The Hall–Kier alpha value is -3.05. The number of nitro benzene ring substituents is 1. The lowest BCUT2D eigenvalue weighted by molar-refractivity contribution is -0.384. The van der Waals surface area contributed by atoms with E-state index in [0.717, 1.165) is 75.3 Å². The molecule has 2 aliphatic rings. The summed E-state index contributed by atoms with van der Waals surface area (Å²) >= 11 is 1.64. The highest BCUT2D eigenvalue weighted by Gasteiger charge is 2.19. The number of non-ortho nitro benzene ring substituents is 1. The molecule has 0 amide bonds. The Labute approximate surface area is 241 Å². The number of nitro groups is 1. The molecule has 2 saturated heterocycles. The Bertz CT molecular complexity index is 1200. The van der Waals surface area contributed by atoms with Gasteiger partial charge in [0.2, 0.25) is 0 Å². The minimum Gasteiger partial charge on any atom is -0.369 e. The Morgan fingerprint density at radius 3 is 1.95 bits per heavy atom. The van der Waals surface area contributed by atoms with E-state index >= 15 is 0 Å². The fourth-order valence-electron chi connectivity index (χ4n) is 5.57. The van der Waals surface area contributed by atoms with Crippen LogP contribution >= 0.6 is 11.3 Å². The molecule has 0 unspecified atom stereocenters. The van der Waals surface area contributed by atoms with Crippen molar-refractivity contribution in [2.75, 3.05) is 89.3 Å². The fraction of sp³-hybridized carbons (Fsp3) is 0.500. The number of nitrogens with one attached hydrogen (secondary N) is 1. The molecule has 0 saturated carbocycles. The van der Waals surface area contributed by atoms with E-state index in [2.05, 4.69) is 59.5 Å². The zero-order valence-corrected chi connectivity index (χ0v) is 24.3. The normalized spacial score (nSPS) is 17.3. The minimum atomic E-state index is -0.340. The van der Waals surface area contributed by atoms with Gasteiger partial charge in [0, 0.05) is 94.7 Å². The molecule has 10 heteroatoms. The predicted octanol–water partition coefficient (Wildman–Crippen LogP) is 4.52. The van der Waals surface area contributed by atoms with Gasteiger partial charge in [-0.05, 0) is 50.0 Å². The SMILES string of the molecule is CNc1nc(-c2ccc(CCN3CCN(CCCCN4CCN(c5ccc([N+](=O)[O-])cc5)CC4)CC3)cc2)cs1. The number of benzene rings is 2. The number of piperazine rings is 2. The molecule has 0 radical (unpaired) electrons. The fourth-order valence-corrected chi connectivity index (χ4v) is 6.25. The first-order valence-electron chi connectivity index (χ1n) is 14.5. The molecule has 1 N–H and O–H groups in total. The highest BCUT2D eigenvalue weighted by molar-refractivity contribution is 7.14. The lowest BCUT2D eigenvalue weighted by Crippen LogP contribution is -2.47. The standard InChI is InChI=1S/C30H41N7O2S/c1-31-30-32-29(24-40-30)26-6-4-25(5-7-26)12-15-35-18-16-33(17-19-35)13-2-3-14-34-20-22-36(23-21-34)27-8-10-28(11-9-27)37(38)39/h4-11,24H,2-3,12-23H2,1H3,(H,31,32). The van der Waals surface area contributed by atoms with Crippen LogP contribution in [0.2, 0.25) is 0 Å². The van der Waals surface area contributed by atoms with Gasteiger partial charge in [0.15, 0.2) is 5.13 Å². The Balaban J connectivity index is 0.925. The van der Waals surface area contributed by atoms with Crippen LogP contribution in [0.4, 0.5) is 16.5 Å². The highest BCUT2D eigenvalue weighted by atomic mass is 32.1. The predicted molar refractivity (Wildman–Crippen MR) is 165 cm³/mol. The Morgan fingerprint density at radius 1 is 0.825 bits per heavy atom. The van der Waals surface area contributed by atoms with Gasteiger partial charge in [0.25, 0.3) is 5.69 Å². The molecule has 3 aromatic rings. The third kappa shape index (κ3) is 7.78. The van der Waals surface area contributed by atoms with Crippen LogP contribution in [0.5, 0.6) is 0 Å². The van der Waals surface area contributed by atoms with Crippen molar-refractivity contribution < 1.29 is 4.92 Å². The van der Waals surface area contributed by atoms with Gasteiger partial charge >= 0.3 is 0 Å². The van der Waals surface area contributed by atoms with Crippen molar-refractivity contribution in [1.82, 2.24) is 19.7 Å². The van der Waals surface area contributed by atoms with Gasteiger partial charge in [-0.1, -0.05) is 24.3 Å². The molecular weight excluding hydrogens is 522 g/mol. The van der Waals surface area contributed by atoms with Gasteiger partial charge in [0.05, 0.1) is 10.6 Å². The van der Waals surface area contributed by atoms with Crippen LogP contribution in [0.25, 0.3) is 11.3 Å². The minimum absolute atomic E-state index is 0.154. The summed E-state index contributed by atoms with van der Waals surface area (Å²) in [4.78, 5) is 25.3. The summed E-state index contributed by atoms with van der Waals surface area (Å²) in [6.07, 6.45) is 3.59. The number of unbranched alkanes of at least 4 members (excludes halogenated alkanes) is 1. The van der Waals surface area contributed by atoms with Gasteiger partial charge in [-0.3, -0.25) is 15.0 Å². The summed E-state index contributed by atoms with van der Waals surface area (Å²) in [6.45, 7) is 12.2. The van der Waals surface area contributed by atoms with E-state index in [1.54, 1.807) is 23.5 Å². The van der Waals surface area contributed by atoms with Gasteiger partial charge in [0.1, 0.15) is 0 Å². The third-order valence-electron chi connectivity index (χ3n) is 8.15.